The van der Waals surface area contributed by atoms with Gasteiger partial charge in [-0.05, 0) is 12.6 Å². The fourth-order valence-electron chi connectivity index (χ4n) is 4.00. The number of benzene rings is 1. The molecule has 2 unspecified atom stereocenters. The van der Waals surface area contributed by atoms with Crippen molar-refractivity contribution < 1.29 is 9.47 Å². The van der Waals surface area contributed by atoms with E-state index >= 15 is 0 Å². The fraction of sp³-hybridized carbons (Fsp3) is 0.667. The molecule has 0 radical (unpaired) electrons. The lowest BCUT2D eigenvalue weighted by Crippen LogP contribution is -2.50. The Hall–Kier alpha value is -1.67. The van der Waals surface area contributed by atoms with Crippen molar-refractivity contribution in [3.63, 3.8) is 0 Å². The van der Waals surface area contributed by atoms with Crippen molar-refractivity contribution in [1.82, 2.24) is 20.0 Å². The second kappa shape index (κ2) is 10.8. The van der Waals surface area contributed by atoms with Gasteiger partial charge in [0.25, 0.3) is 0 Å². The molecule has 2 aliphatic heterocycles. The lowest BCUT2D eigenvalue weighted by atomic mass is 10.1. The summed E-state index contributed by atoms with van der Waals surface area (Å²) in [5.74, 6) is 0.970. The van der Waals surface area contributed by atoms with E-state index in [1.165, 1.54) is 5.56 Å². The van der Waals surface area contributed by atoms with Crippen molar-refractivity contribution in [1.29, 1.82) is 0 Å². The number of likely N-dealkylation sites (tertiary alicyclic amines) is 1. The Bertz CT molecular complexity index is 612. The van der Waals surface area contributed by atoms with E-state index in [4.69, 9.17) is 9.47 Å². The molecule has 2 heterocycles. The molecule has 0 saturated carbocycles. The first-order valence-corrected chi connectivity index (χ1v) is 10.2. The van der Waals surface area contributed by atoms with Crippen molar-refractivity contribution in [2.24, 2.45) is 4.99 Å². The number of likely N-dealkylation sites (N-methyl/N-ethyl adjacent to an activating group) is 1. The quantitative estimate of drug-likeness (QED) is 0.523. The highest BCUT2D eigenvalue weighted by molar-refractivity contribution is 5.80. The van der Waals surface area contributed by atoms with Crippen LogP contribution in [0.2, 0.25) is 0 Å². The third kappa shape index (κ3) is 5.67. The molecule has 2 saturated heterocycles. The molecule has 7 heteroatoms. The van der Waals surface area contributed by atoms with Gasteiger partial charge >= 0.3 is 0 Å². The van der Waals surface area contributed by atoms with E-state index in [1.54, 1.807) is 7.11 Å². The van der Waals surface area contributed by atoms with Crippen molar-refractivity contribution >= 4 is 5.96 Å². The average molecular weight is 390 g/mol. The predicted molar refractivity (Wildman–Crippen MR) is 113 cm³/mol. The van der Waals surface area contributed by atoms with Crippen LogP contribution in [0.15, 0.2) is 35.3 Å². The van der Waals surface area contributed by atoms with E-state index in [0.717, 1.165) is 65.0 Å². The van der Waals surface area contributed by atoms with Gasteiger partial charge in [0.05, 0.1) is 25.4 Å². The number of aliphatic imine (C=N–C) groups is 1. The zero-order valence-corrected chi connectivity index (χ0v) is 17.5. The van der Waals surface area contributed by atoms with Crippen LogP contribution in [0, 0.1) is 0 Å². The predicted octanol–water partition coefficient (Wildman–Crippen LogP) is 0.725. The average Bonchev–Trinajstić information content (AvgIpc) is 3.15. The molecule has 7 nitrogen and oxygen atoms in total. The largest absolute Gasteiger partial charge is 0.383 e. The Morgan fingerprint density at radius 1 is 1.29 bits per heavy atom. The molecule has 1 aromatic carbocycles. The SMILES string of the molecule is CN=C(NCCN(C)CCOC)N1CC2OCCN(Cc3ccccc3)C2C1. The number of nitrogens with one attached hydrogen (secondary N) is 1. The molecule has 28 heavy (non-hydrogen) atoms. The van der Waals surface area contributed by atoms with E-state index in [1.807, 2.05) is 7.05 Å². The van der Waals surface area contributed by atoms with Gasteiger partial charge in [-0.1, -0.05) is 30.3 Å². The summed E-state index contributed by atoms with van der Waals surface area (Å²) < 4.78 is 11.2. The van der Waals surface area contributed by atoms with Gasteiger partial charge in [-0.3, -0.25) is 9.89 Å². The van der Waals surface area contributed by atoms with Crippen LogP contribution in [-0.4, -0.2) is 106 Å². The Morgan fingerprint density at radius 2 is 2.11 bits per heavy atom. The Morgan fingerprint density at radius 3 is 2.86 bits per heavy atom. The molecule has 0 bridgehead atoms. The number of hydrogen-bond acceptors (Lipinski definition) is 5. The minimum atomic E-state index is 0.250. The standard InChI is InChI=1S/C21H35N5O2/c1-22-21(23-9-10-24(2)11-13-27-3)26-16-19-20(17-26)28-14-12-25(19)15-18-7-5-4-6-8-18/h4-8,19-20H,9-17H2,1-3H3,(H,22,23). The van der Waals surface area contributed by atoms with Crippen LogP contribution in [0.1, 0.15) is 5.56 Å². The Labute approximate surface area is 169 Å². The Balaban J connectivity index is 1.51. The van der Waals surface area contributed by atoms with Crippen molar-refractivity contribution in [2.45, 2.75) is 18.7 Å². The number of nitrogens with zero attached hydrogens (tertiary/aromatic N) is 4. The number of methoxy groups -OCH3 is 1. The highest BCUT2D eigenvalue weighted by Gasteiger charge is 2.41. The maximum absolute atomic E-state index is 6.09. The normalized spacial score (nSPS) is 23.3. The molecule has 3 rings (SSSR count). The van der Waals surface area contributed by atoms with Crippen LogP contribution in [0.3, 0.4) is 0 Å². The Kier molecular flexibility index (Phi) is 8.09. The molecule has 156 valence electrons. The summed E-state index contributed by atoms with van der Waals surface area (Å²) >= 11 is 0. The van der Waals surface area contributed by atoms with Gasteiger partial charge in [0.15, 0.2) is 5.96 Å². The van der Waals surface area contributed by atoms with Gasteiger partial charge < -0.3 is 24.6 Å². The van der Waals surface area contributed by atoms with Crippen LogP contribution in [0.25, 0.3) is 0 Å². The second-order valence-electron chi connectivity index (χ2n) is 7.61. The number of ether oxygens (including phenoxy) is 2. The lowest BCUT2D eigenvalue weighted by Gasteiger charge is -2.36. The first-order chi connectivity index (χ1) is 13.7. The minimum Gasteiger partial charge on any atom is -0.383 e. The number of fused-ring (bicyclic) bond motifs is 1. The maximum Gasteiger partial charge on any atom is 0.193 e. The van der Waals surface area contributed by atoms with Gasteiger partial charge in [-0.2, -0.15) is 0 Å². The zero-order valence-electron chi connectivity index (χ0n) is 17.5. The van der Waals surface area contributed by atoms with E-state index in [0.29, 0.717) is 6.04 Å². The highest BCUT2D eigenvalue weighted by Crippen LogP contribution is 2.24. The van der Waals surface area contributed by atoms with Crippen LogP contribution in [0.5, 0.6) is 0 Å². The topological polar surface area (TPSA) is 52.6 Å². The summed E-state index contributed by atoms with van der Waals surface area (Å²) in [6, 6.07) is 11.1. The first kappa shape index (κ1) is 21.0. The molecule has 0 spiro atoms. The summed E-state index contributed by atoms with van der Waals surface area (Å²) in [5.41, 5.74) is 1.36. The van der Waals surface area contributed by atoms with Gasteiger partial charge in [0.2, 0.25) is 0 Å². The zero-order chi connectivity index (χ0) is 19.8. The van der Waals surface area contributed by atoms with Gasteiger partial charge in [-0.25, -0.2) is 0 Å². The van der Waals surface area contributed by atoms with E-state index in [2.05, 4.69) is 62.4 Å². The van der Waals surface area contributed by atoms with Crippen LogP contribution in [-0.2, 0) is 16.0 Å². The molecule has 1 aromatic rings. The van der Waals surface area contributed by atoms with Crippen LogP contribution in [0.4, 0.5) is 0 Å². The summed E-state index contributed by atoms with van der Waals surface area (Å²) in [7, 11) is 5.72. The minimum absolute atomic E-state index is 0.250. The number of morpholine rings is 1. The van der Waals surface area contributed by atoms with Gasteiger partial charge in [0, 0.05) is 60.0 Å². The summed E-state index contributed by atoms with van der Waals surface area (Å²) in [6.45, 7) is 8.15. The number of hydrogen-bond donors (Lipinski definition) is 1. The van der Waals surface area contributed by atoms with Crippen molar-refractivity contribution in [2.75, 3.05) is 73.7 Å². The molecular weight excluding hydrogens is 354 g/mol. The molecule has 0 amide bonds. The molecule has 0 aliphatic carbocycles. The van der Waals surface area contributed by atoms with E-state index in [-0.39, 0.29) is 6.10 Å². The summed E-state index contributed by atoms with van der Waals surface area (Å²) in [5, 5.41) is 3.51. The van der Waals surface area contributed by atoms with Crippen LogP contribution >= 0.6 is 0 Å². The molecule has 0 aromatic heterocycles. The second-order valence-corrected chi connectivity index (χ2v) is 7.61. The summed E-state index contributed by atoms with van der Waals surface area (Å²) in [6.07, 6.45) is 0.250. The number of guanidine groups is 1. The van der Waals surface area contributed by atoms with E-state index in [9.17, 15) is 0 Å². The fourth-order valence-corrected chi connectivity index (χ4v) is 4.00. The molecule has 2 fully saturated rings. The maximum atomic E-state index is 6.09. The third-order valence-corrected chi connectivity index (χ3v) is 5.61. The highest BCUT2D eigenvalue weighted by atomic mass is 16.5. The monoisotopic (exact) mass is 389 g/mol. The van der Waals surface area contributed by atoms with Crippen molar-refractivity contribution in [3.8, 4) is 0 Å². The lowest BCUT2D eigenvalue weighted by molar-refractivity contribution is -0.0502. The van der Waals surface area contributed by atoms with Crippen molar-refractivity contribution in [3.05, 3.63) is 35.9 Å². The molecular formula is C21H35N5O2. The first-order valence-electron chi connectivity index (χ1n) is 10.2. The molecule has 2 atom stereocenters. The molecule has 1 N–H and O–H groups in total. The molecule has 2 aliphatic rings. The summed E-state index contributed by atoms with van der Waals surface area (Å²) in [4.78, 5) is 11.7. The smallest absolute Gasteiger partial charge is 0.193 e. The van der Waals surface area contributed by atoms with Gasteiger partial charge in [-0.15, -0.1) is 0 Å². The van der Waals surface area contributed by atoms with E-state index < -0.39 is 0 Å². The third-order valence-electron chi connectivity index (χ3n) is 5.61. The number of rotatable bonds is 8. The van der Waals surface area contributed by atoms with Crippen LogP contribution < -0.4 is 5.32 Å². The van der Waals surface area contributed by atoms with Gasteiger partial charge in [0.1, 0.15) is 0 Å².